The standard InChI is InChI=1S/C5H8N2O3.C5H6N2O2.C5H9NO2.C2F6O5S2.HNO2.Na/c8-5(9)4-2-1-3-7(4)6-10;8-5-4-2-1-3-7(4)6-9-5;7-5(8)4-2-1-3-6-4;3-1(4,5)14(9,10)13-15(11,12)2(6,7)8;2-1-3;/h4H,1-3H2,(H,8,9);1-3H2;4,6H,1-3H2,(H,7,8);;(H,2,3);/q;;;;;+1/p-1. The molecule has 1 aromatic heterocycles. The number of fused-ring (bicyclic) bond motifs is 1. The Labute approximate surface area is 276 Å². The molecule has 1 aromatic rings. The second-order valence-electron chi connectivity index (χ2n) is 8.30. The number of halogens is 6. The number of carboxylic acids is 2. The van der Waals surface area contributed by atoms with Crippen molar-refractivity contribution in [3.63, 3.8) is 0 Å². The van der Waals surface area contributed by atoms with Gasteiger partial charge in [-0.05, 0) is 32.2 Å². The van der Waals surface area contributed by atoms with E-state index in [1.54, 1.807) is 4.68 Å². The normalized spacial score (nSPS) is 18.7. The Bertz CT molecular complexity index is 1310. The van der Waals surface area contributed by atoms with Gasteiger partial charge in [0.15, 0.2) is 12.5 Å². The minimum atomic E-state index is -6.85. The first-order chi connectivity index (χ1) is 20.6. The van der Waals surface area contributed by atoms with E-state index in [4.69, 9.17) is 20.3 Å². The molecule has 2 atom stereocenters. The van der Waals surface area contributed by atoms with Gasteiger partial charge in [-0.15, -0.1) is 13.9 Å². The van der Waals surface area contributed by atoms with Crippen LogP contribution in [0.15, 0.2) is 15.1 Å². The number of alkyl halides is 6. The van der Waals surface area contributed by atoms with Gasteiger partial charge in [0.1, 0.15) is 12.1 Å². The van der Waals surface area contributed by atoms with Crippen molar-refractivity contribution in [1.82, 2.24) is 15.6 Å². The predicted octanol–water partition coefficient (Wildman–Crippen LogP) is -3.02. The summed E-state index contributed by atoms with van der Waals surface area (Å²) >= 11 is 0. The first kappa shape index (κ1) is 45.2. The maximum absolute atomic E-state index is 11.4. The third-order valence-electron chi connectivity index (χ3n) is 5.27. The predicted molar refractivity (Wildman–Crippen MR) is 126 cm³/mol. The first-order valence-corrected chi connectivity index (χ1v) is 14.5. The van der Waals surface area contributed by atoms with Gasteiger partial charge in [0.25, 0.3) is 0 Å². The minimum Gasteiger partial charge on any atom is -0.539 e. The molecule has 3 aliphatic heterocycles. The van der Waals surface area contributed by atoms with Crippen molar-refractivity contribution >= 4 is 32.2 Å². The topological polar surface area (TPSA) is 302 Å². The van der Waals surface area contributed by atoms with Crippen LogP contribution in [0.5, 0.6) is 5.95 Å². The Morgan fingerprint density at radius 1 is 1.00 bits per heavy atom. The summed E-state index contributed by atoms with van der Waals surface area (Å²) in [6, 6.07) is -0.951. The van der Waals surface area contributed by atoms with Crippen LogP contribution in [-0.2, 0) is 46.4 Å². The Balaban J connectivity index is 0. The molecule has 4 rings (SSSR count). The Kier molecular flexibility index (Phi) is 19.3. The molecule has 0 aliphatic carbocycles. The monoisotopic (exact) mass is 736 g/mol. The zero-order chi connectivity index (χ0) is 35.2. The van der Waals surface area contributed by atoms with E-state index in [2.05, 4.69) is 20.4 Å². The molecule has 2 fully saturated rings. The summed E-state index contributed by atoms with van der Waals surface area (Å²) in [6.45, 7) is 2.17. The fraction of sp³-hybridized carbons (Fsp3) is 0.765. The van der Waals surface area contributed by atoms with Crippen LogP contribution in [0.3, 0.4) is 0 Å². The van der Waals surface area contributed by atoms with Crippen LogP contribution in [0.1, 0.15) is 37.8 Å². The van der Waals surface area contributed by atoms with E-state index in [9.17, 15) is 62.8 Å². The molecule has 29 heteroatoms. The second-order valence-corrected chi connectivity index (χ2v) is 11.6. The van der Waals surface area contributed by atoms with Crippen molar-refractivity contribution in [3.8, 4) is 5.95 Å². The third kappa shape index (κ3) is 14.7. The molecule has 0 saturated carbocycles. The number of aryl methyl sites for hydroxylation is 1. The number of nitrogens with zero attached hydrogens (tertiary/aromatic N) is 5. The summed E-state index contributed by atoms with van der Waals surface area (Å²) < 4.78 is 116. The Morgan fingerprint density at radius 2 is 1.52 bits per heavy atom. The van der Waals surface area contributed by atoms with Crippen molar-refractivity contribution in [1.29, 1.82) is 0 Å². The van der Waals surface area contributed by atoms with Gasteiger partial charge in [-0.1, -0.05) is 4.68 Å². The smallest absolute Gasteiger partial charge is 0.539 e. The van der Waals surface area contributed by atoms with Crippen LogP contribution >= 0.6 is 0 Å². The Morgan fingerprint density at radius 3 is 1.85 bits per heavy atom. The number of nitrogens with one attached hydrogen (secondary N) is 1. The molecule has 3 aliphatic rings. The van der Waals surface area contributed by atoms with Crippen LogP contribution in [-0.4, -0.2) is 85.5 Å². The molecule has 20 nitrogen and oxygen atoms in total. The van der Waals surface area contributed by atoms with Gasteiger partial charge >= 0.3 is 72.7 Å². The number of carboxylic acid groups (broad SMARTS) is 2. The molecule has 0 spiro atoms. The average Bonchev–Trinajstić information content (AvgIpc) is 3.70. The van der Waals surface area contributed by atoms with Crippen LogP contribution < -0.4 is 44.7 Å². The SMILES string of the molecule is O=C(O)C1CCCN1.O=NN1CCCC1C(=O)O.O=N[O-].O=S(=O)(OS(=O)(=O)C(F)(F)F)C(F)(F)F.[Na+].[O-]c1on[n+]2c1CCC2. The summed E-state index contributed by atoms with van der Waals surface area (Å²) in [7, 11) is -13.7. The number of aromatic nitrogens is 2. The number of aliphatic carboxylic acids is 2. The van der Waals surface area contributed by atoms with Gasteiger partial charge < -0.3 is 35.3 Å². The van der Waals surface area contributed by atoms with E-state index < -0.39 is 49.2 Å². The van der Waals surface area contributed by atoms with Crippen LogP contribution in [0.25, 0.3) is 0 Å². The maximum Gasteiger partial charge on any atom is 1.00 e. The molecule has 2 unspecified atom stereocenters. The van der Waals surface area contributed by atoms with Crippen LogP contribution in [0, 0.1) is 15.0 Å². The number of rotatable bonds is 5. The van der Waals surface area contributed by atoms with E-state index >= 15 is 0 Å². The minimum absolute atomic E-state index is 0. The number of hydrogen-bond acceptors (Lipinski definition) is 16. The van der Waals surface area contributed by atoms with Gasteiger partial charge in [0.2, 0.25) is 5.69 Å². The van der Waals surface area contributed by atoms with E-state index in [1.807, 2.05) is 3.63 Å². The fourth-order valence-electron chi connectivity index (χ4n) is 3.29. The van der Waals surface area contributed by atoms with Crippen molar-refractivity contribution in [2.45, 2.75) is 68.2 Å². The van der Waals surface area contributed by atoms with Crippen molar-refractivity contribution in [3.05, 3.63) is 20.7 Å². The third-order valence-corrected chi connectivity index (χ3v) is 7.84. The summed E-state index contributed by atoms with van der Waals surface area (Å²) in [6.07, 6.45) is 4.90. The van der Waals surface area contributed by atoms with E-state index in [1.165, 1.54) is 0 Å². The van der Waals surface area contributed by atoms with Gasteiger partial charge in [0, 0.05) is 19.4 Å². The molecule has 0 aromatic carbocycles. The quantitative estimate of drug-likeness (QED) is 0.0676. The molecular weight excluding hydrogens is 713 g/mol. The maximum atomic E-state index is 11.4. The molecule has 46 heavy (non-hydrogen) atoms. The number of nitroso groups, excluding NO2 is 1. The van der Waals surface area contributed by atoms with E-state index in [-0.39, 0.29) is 41.5 Å². The molecular formula is C17H23F6N6NaO14S2. The van der Waals surface area contributed by atoms with E-state index in [0.717, 1.165) is 61.2 Å². The molecule has 0 amide bonds. The molecule has 4 heterocycles. The van der Waals surface area contributed by atoms with Crippen molar-refractivity contribution in [2.75, 3.05) is 13.1 Å². The number of carbonyl (C=O) groups is 2. The zero-order valence-corrected chi connectivity index (χ0v) is 26.8. The summed E-state index contributed by atoms with van der Waals surface area (Å²) in [4.78, 5) is 38.4. The molecule has 2 saturated heterocycles. The van der Waals surface area contributed by atoms with Crippen molar-refractivity contribution < 1.29 is 110 Å². The largest absolute Gasteiger partial charge is 1.00 e. The van der Waals surface area contributed by atoms with Gasteiger partial charge in [-0.25, -0.2) is 9.80 Å². The second kappa shape index (κ2) is 19.7. The van der Waals surface area contributed by atoms with Crippen LogP contribution in [0.2, 0.25) is 0 Å². The van der Waals surface area contributed by atoms with Gasteiger partial charge in [0.05, 0.1) is 10.6 Å². The summed E-state index contributed by atoms with van der Waals surface area (Å²) in [5, 5.41) is 46.5. The summed E-state index contributed by atoms with van der Waals surface area (Å²) in [5.74, 6) is -1.95. The molecule has 3 N–H and O–H groups in total. The van der Waals surface area contributed by atoms with E-state index in [0.29, 0.717) is 13.0 Å². The van der Waals surface area contributed by atoms with Crippen LogP contribution in [0.4, 0.5) is 26.3 Å². The number of hydrogen-bond donors (Lipinski definition) is 3. The molecule has 0 radical (unpaired) electrons. The first-order valence-electron chi connectivity index (χ1n) is 11.7. The summed E-state index contributed by atoms with van der Waals surface area (Å²) in [5.41, 5.74) is -11.8. The average molecular weight is 737 g/mol. The Hall–Kier alpha value is -2.92. The van der Waals surface area contributed by atoms with Gasteiger partial charge in [-0.2, -0.15) is 43.2 Å². The fourth-order valence-corrected chi connectivity index (χ4v) is 4.85. The molecule has 0 bridgehead atoms. The molecule has 260 valence electrons. The zero-order valence-electron chi connectivity index (χ0n) is 23.1. The van der Waals surface area contributed by atoms with Gasteiger partial charge in [-0.3, -0.25) is 4.79 Å². The van der Waals surface area contributed by atoms with Crippen molar-refractivity contribution in [2.24, 2.45) is 10.6 Å².